The molecular formula is C31H38N3O8P. The van der Waals surface area contributed by atoms with E-state index in [9.17, 15) is 28.9 Å². The van der Waals surface area contributed by atoms with Gasteiger partial charge >= 0.3 is 19.7 Å². The Hall–Kier alpha value is -4.18. The Kier molecular flexibility index (Phi) is 11.9. The minimum Gasteiger partial charge on any atom is -0.479 e. The van der Waals surface area contributed by atoms with Crippen LogP contribution in [-0.2, 0) is 36.4 Å². The molecule has 0 saturated carbocycles. The predicted molar refractivity (Wildman–Crippen MR) is 162 cm³/mol. The molecule has 3 aromatic rings. The fraction of sp³-hybridized carbons (Fsp3) is 0.323. The first-order valence-corrected chi connectivity index (χ1v) is 15.4. The van der Waals surface area contributed by atoms with E-state index in [-0.39, 0.29) is 18.6 Å². The van der Waals surface area contributed by atoms with Crippen molar-refractivity contribution in [2.24, 2.45) is 5.92 Å². The first-order chi connectivity index (χ1) is 20.4. The van der Waals surface area contributed by atoms with Crippen molar-refractivity contribution in [3.63, 3.8) is 0 Å². The summed E-state index contributed by atoms with van der Waals surface area (Å²) >= 11 is 0. The molecule has 0 spiro atoms. The summed E-state index contributed by atoms with van der Waals surface area (Å²) in [5.74, 6) is -4.41. The second kappa shape index (κ2) is 15.3. The minimum absolute atomic E-state index is 0.0198. The van der Waals surface area contributed by atoms with Gasteiger partial charge in [0, 0.05) is 5.69 Å². The van der Waals surface area contributed by atoms with Crippen LogP contribution >= 0.6 is 7.60 Å². The van der Waals surface area contributed by atoms with Crippen LogP contribution in [0, 0.1) is 12.8 Å². The zero-order valence-electron chi connectivity index (χ0n) is 24.3. The van der Waals surface area contributed by atoms with Gasteiger partial charge in [-0.25, -0.2) is 9.59 Å². The molecule has 0 aliphatic rings. The summed E-state index contributed by atoms with van der Waals surface area (Å²) in [4.78, 5) is 49.4. The van der Waals surface area contributed by atoms with Crippen molar-refractivity contribution in [1.82, 2.24) is 10.6 Å². The lowest BCUT2D eigenvalue weighted by Gasteiger charge is -2.30. The van der Waals surface area contributed by atoms with Crippen LogP contribution in [0.4, 0.5) is 10.5 Å². The minimum atomic E-state index is -4.82. The molecule has 4 atom stereocenters. The number of carboxylic acids is 1. The van der Waals surface area contributed by atoms with Gasteiger partial charge < -0.3 is 31.1 Å². The number of aryl methyl sites for hydroxylation is 1. The number of nitrogen functional groups attached to an aromatic ring is 1. The van der Waals surface area contributed by atoms with Gasteiger partial charge in [0.1, 0.15) is 18.4 Å². The first-order valence-electron chi connectivity index (χ1n) is 13.8. The number of hydrogen-bond donors (Lipinski definition) is 5. The summed E-state index contributed by atoms with van der Waals surface area (Å²) in [5.41, 5.74) is 8.37. The first kappa shape index (κ1) is 33.3. The number of carboxylic acid groups (broad SMARTS) is 1. The normalized spacial score (nSPS) is 14.6. The number of aliphatic carboxylic acids is 1. The molecule has 3 aromatic carbocycles. The van der Waals surface area contributed by atoms with Crippen molar-refractivity contribution in [2.45, 2.75) is 58.1 Å². The number of carbonyl (C=O) groups excluding carboxylic acids is 2. The van der Waals surface area contributed by atoms with Gasteiger partial charge in [-0.3, -0.25) is 13.9 Å². The van der Waals surface area contributed by atoms with Crippen LogP contribution in [0.25, 0.3) is 0 Å². The lowest BCUT2D eigenvalue weighted by atomic mass is 10.0. The molecule has 2 amide bonds. The van der Waals surface area contributed by atoms with E-state index < -0.39 is 49.4 Å². The molecule has 0 aliphatic heterocycles. The zero-order chi connectivity index (χ0) is 31.6. The molecule has 11 nitrogen and oxygen atoms in total. The Morgan fingerprint density at radius 3 is 2.09 bits per heavy atom. The van der Waals surface area contributed by atoms with Crippen molar-refractivity contribution < 1.29 is 38.2 Å². The Labute approximate surface area is 250 Å². The number of amides is 2. The molecule has 0 aliphatic carbocycles. The Morgan fingerprint density at radius 2 is 1.51 bits per heavy atom. The lowest BCUT2D eigenvalue weighted by Crippen LogP contribution is -2.51. The SMILES string of the molecule is Cc1c(N)cccc1C(OP(=O)(O)C(NC(=O)C(CCc1ccccc1)NC(=O)OCc1ccccc1)C(C)C)C(=O)O. The van der Waals surface area contributed by atoms with Crippen LogP contribution in [0.3, 0.4) is 0 Å². The van der Waals surface area contributed by atoms with Gasteiger partial charge in [0.25, 0.3) is 0 Å². The molecule has 0 aromatic heterocycles. The van der Waals surface area contributed by atoms with E-state index in [1.807, 2.05) is 36.4 Å². The summed E-state index contributed by atoms with van der Waals surface area (Å²) in [6.07, 6.45) is -2.10. The Morgan fingerprint density at radius 1 is 0.907 bits per heavy atom. The average Bonchev–Trinajstić information content (AvgIpc) is 2.98. The highest BCUT2D eigenvalue weighted by Gasteiger charge is 2.42. The van der Waals surface area contributed by atoms with Gasteiger partial charge in [0.15, 0.2) is 6.10 Å². The summed E-state index contributed by atoms with van der Waals surface area (Å²) < 4.78 is 24.2. The third kappa shape index (κ3) is 9.68. The van der Waals surface area contributed by atoms with Crippen molar-refractivity contribution >= 4 is 31.3 Å². The van der Waals surface area contributed by atoms with E-state index >= 15 is 0 Å². The van der Waals surface area contributed by atoms with Crippen LogP contribution in [0.1, 0.15) is 48.6 Å². The monoisotopic (exact) mass is 611 g/mol. The maximum absolute atomic E-state index is 13.6. The van der Waals surface area contributed by atoms with Gasteiger partial charge in [-0.1, -0.05) is 86.6 Å². The quantitative estimate of drug-likeness (QED) is 0.125. The third-order valence-corrected chi connectivity index (χ3v) is 8.78. The smallest absolute Gasteiger partial charge is 0.408 e. The molecule has 3 rings (SSSR count). The number of hydrogen-bond acceptors (Lipinski definition) is 7. The number of carbonyl (C=O) groups is 3. The molecule has 43 heavy (non-hydrogen) atoms. The van der Waals surface area contributed by atoms with Crippen molar-refractivity contribution in [1.29, 1.82) is 0 Å². The van der Waals surface area contributed by atoms with Crippen LogP contribution in [-0.4, -0.2) is 39.8 Å². The van der Waals surface area contributed by atoms with Gasteiger partial charge in [-0.05, 0) is 54.0 Å². The topological polar surface area (TPSA) is 177 Å². The van der Waals surface area contributed by atoms with E-state index in [2.05, 4.69) is 10.6 Å². The maximum Gasteiger partial charge on any atom is 0.408 e. The van der Waals surface area contributed by atoms with Crippen LogP contribution < -0.4 is 16.4 Å². The number of anilines is 1. The second-order valence-corrected chi connectivity index (χ2v) is 12.3. The molecule has 0 heterocycles. The summed E-state index contributed by atoms with van der Waals surface area (Å²) in [5, 5.41) is 14.9. The fourth-order valence-electron chi connectivity index (χ4n) is 4.41. The second-order valence-electron chi connectivity index (χ2n) is 10.4. The maximum atomic E-state index is 13.6. The van der Waals surface area contributed by atoms with Crippen molar-refractivity contribution in [3.05, 3.63) is 101 Å². The number of nitrogens with two attached hydrogens (primary N) is 1. The standard InChI is InChI=1S/C31H38N3O8P/c1-20(2)29(43(39,40)42-27(30(36)37)24-15-10-16-25(32)21(24)3)34-28(35)26(18-17-22-11-6-4-7-12-22)33-31(38)41-19-23-13-8-5-9-14-23/h4-16,20,26-27,29H,17-19,32H2,1-3H3,(H,33,38)(H,34,35)(H,36,37)(H,39,40). The molecule has 0 bridgehead atoms. The van der Waals surface area contributed by atoms with E-state index in [1.54, 1.807) is 51.1 Å². The highest BCUT2D eigenvalue weighted by molar-refractivity contribution is 7.53. The molecule has 12 heteroatoms. The van der Waals surface area contributed by atoms with Gasteiger partial charge in [-0.15, -0.1) is 0 Å². The fourth-order valence-corrected chi connectivity index (χ4v) is 6.09. The molecule has 0 fully saturated rings. The molecule has 4 unspecified atom stereocenters. The Balaban J connectivity index is 1.79. The number of ether oxygens (including phenoxy) is 1. The number of nitrogens with one attached hydrogen (secondary N) is 2. The van der Waals surface area contributed by atoms with Crippen molar-refractivity contribution in [3.8, 4) is 0 Å². The molecule has 6 N–H and O–H groups in total. The molecule has 0 radical (unpaired) electrons. The average molecular weight is 612 g/mol. The van der Waals surface area contributed by atoms with E-state index in [0.29, 0.717) is 17.7 Å². The van der Waals surface area contributed by atoms with Gasteiger partial charge in [-0.2, -0.15) is 0 Å². The number of benzene rings is 3. The van der Waals surface area contributed by atoms with Gasteiger partial charge in [0.2, 0.25) is 5.91 Å². The predicted octanol–water partition coefficient (Wildman–Crippen LogP) is 4.93. The van der Waals surface area contributed by atoms with E-state index in [4.69, 9.17) is 15.0 Å². The van der Waals surface area contributed by atoms with Crippen LogP contribution in [0.5, 0.6) is 0 Å². The Bertz CT molecular complexity index is 1440. The van der Waals surface area contributed by atoms with Crippen molar-refractivity contribution in [2.75, 3.05) is 5.73 Å². The molecule has 0 saturated heterocycles. The zero-order valence-corrected chi connectivity index (χ0v) is 25.2. The van der Waals surface area contributed by atoms with Crippen LogP contribution in [0.15, 0.2) is 78.9 Å². The summed E-state index contributed by atoms with van der Waals surface area (Å²) in [7, 11) is -4.82. The van der Waals surface area contributed by atoms with E-state index in [1.165, 1.54) is 12.1 Å². The molecule has 230 valence electrons. The highest BCUT2D eigenvalue weighted by atomic mass is 31.2. The summed E-state index contributed by atoms with van der Waals surface area (Å²) in [6.45, 7) is 4.72. The summed E-state index contributed by atoms with van der Waals surface area (Å²) in [6, 6.07) is 21.7. The molecular weight excluding hydrogens is 573 g/mol. The van der Waals surface area contributed by atoms with Crippen LogP contribution in [0.2, 0.25) is 0 Å². The lowest BCUT2D eigenvalue weighted by molar-refractivity contribution is -0.145. The van der Waals surface area contributed by atoms with E-state index in [0.717, 1.165) is 11.1 Å². The number of alkyl carbamates (subject to hydrolysis) is 1. The largest absolute Gasteiger partial charge is 0.479 e. The third-order valence-electron chi connectivity index (χ3n) is 6.84. The highest BCUT2D eigenvalue weighted by Crippen LogP contribution is 2.53. The van der Waals surface area contributed by atoms with Gasteiger partial charge in [0.05, 0.1) is 0 Å². The number of rotatable bonds is 14.